The molecule has 1 heterocycles. The summed E-state index contributed by atoms with van der Waals surface area (Å²) in [6.07, 6.45) is -2.04. The number of carbonyl (C=O) groups excluding carboxylic acids is 1. The fraction of sp³-hybridized carbons (Fsp3) is 0.292. The van der Waals surface area contributed by atoms with Crippen LogP contribution in [0.3, 0.4) is 0 Å². The molecule has 2 N–H and O–H groups in total. The number of nitrogens with one attached hydrogen (secondary N) is 2. The Labute approximate surface area is 187 Å². The fourth-order valence-electron chi connectivity index (χ4n) is 4.18. The van der Waals surface area contributed by atoms with Gasteiger partial charge in [0.25, 0.3) is 5.91 Å². The highest BCUT2D eigenvalue weighted by molar-refractivity contribution is 5.96. The van der Waals surface area contributed by atoms with Crippen LogP contribution in [0.4, 0.5) is 23.2 Å². The second-order valence-corrected chi connectivity index (χ2v) is 8.05. The van der Waals surface area contributed by atoms with Crippen LogP contribution in [-0.4, -0.2) is 23.0 Å². The number of pyridine rings is 1. The van der Waals surface area contributed by atoms with Gasteiger partial charge in [-0.25, -0.2) is 9.37 Å². The smallest absolute Gasteiger partial charge is 0.382 e. The van der Waals surface area contributed by atoms with Gasteiger partial charge in [0.15, 0.2) is 0 Å². The standard InChI is InChI=1S/C24H20F4N4O/c25-15-8-9-20-19(10-15)21(12-22(32-20)24(26,27)28)30-16-5-3-6-17(11-16)31-23(33)18-7-2-1-4-14(18)13-29/h1-2,4,7-10,12,16-17H,3,5-6,11H2,(H,30,32)(H,31,33)/t16-,17+/m0/s1. The monoisotopic (exact) mass is 456 g/mol. The summed E-state index contributed by atoms with van der Waals surface area (Å²) in [7, 11) is 0. The summed E-state index contributed by atoms with van der Waals surface area (Å²) in [6, 6.07) is 12.4. The molecule has 5 nitrogen and oxygen atoms in total. The lowest BCUT2D eigenvalue weighted by atomic mass is 9.90. The number of hydrogen-bond acceptors (Lipinski definition) is 4. The first-order valence-corrected chi connectivity index (χ1v) is 10.5. The predicted octanol–water partition coefficient (Wildman–Crippen LogP) is 5.42. The lowest BCUT2D eigenvalue weighted by Gasteiger charge is -2.31. The van der Waals surface area contributed by atoms with Crippen LogP contribution in [-0.2, 0) is 6.18 Å². The molecule has 0 aliphatic heterocycles. The Balaban J connectivity index is 1.54. The Hall–Kier alpha value is -3.67. The Morgan fingerprint density at radius 1 is 1.09 bits per heavy atom. The van der Waals surface area contributed by atoms with Gasteiger partial charge in [-0.15, -0.1) is 0 Å². The molecule has 1 fully saturated rings. The van der Waals surface area contributed by atoms with Crippen LogP contribution < -0.4 is 10.6 Å². The largest absolute Gasteiger partial charge is 0.433 e. The van der Waals surface area contributed by atoms with Crippen LogP contribution in [0.5, 0.6) is 0 Å². The number of aromatic nitrogens is 1. The van der Waals surface area contributed by atoms with Crippen molar-refractivity contribution in [3.05, 3.63) is 71.2 Å². The van der Waals surface area contributed by atoms with Gasteiger partial charge in [-0.3, -0.25) is 4.79 Å². The van der Waals surface area contributed by atoms with Gasteiger partial charge >= 0.3 is 6.18 Å². The first-order chi connectivity index (χ1) is 15.7. The summed E-state index contributed by atoms with van der Waals surface area (Å²) in [5.41, 5.74) is -0.315. The Morgan fingerprint density at radius 2 is 1.85 bits per heavy atom. The molecule has 0 spiro atoms. The minimum atomic E-state index is -4.64. The molecule has 170 valence electrons. The molecular weight excluding hydrogens is 436 g/mol. The van der Waals surface area contributed by atoms with Crippen LogP contribution in [0.2, 0.25) is 0 Å². The Bertz CT molecular complexity index is 1240. The summed E-state index contributed by atoms with van der Waals surface area (Å²) in [5.74, 6) is -0.939. The molecular formula is C24H20F4N4O. The number of alkyl halides is 3. The van der Waals surface area contributed by atoms with Crippen molar-refractivity contribution in [3.8, 4) is 6.07 Å². The van der Waals surface area contributed by atoms with Crippen LogP contribution in [0.25, 0.3) is 10.9 Å². The van der Waals surface area contributed by atoms with Crippen molar-refractivity contribution < 1.29 is 22.4 Å². The lowest BCUT2D eigenvalue weighted by Crippen LogP contribution is -2.42. The predicted molar refractivity (Wildman–Crippen MR) is 115 cm³/mol. The molecule has 0 bridgehead atoms. The van der Waals surface area contributed by atoms with Crippen molar-refractivity contribution in [1.29, 1.82) is 5.26 Å². The maximum atomic E-state index is 13.8. The molecule has 0 radical (unpaired) electrons. The molecule has 1 amide bonds. The van der Waals surface area contributed by atoms with E-state index in [2.05, 4.69) is 15.6 Å². The Kier molecular flexibility index (Phi) is 6.18. The average molecular weight is 456 g/mol. The minimum absolute atomic E-state index is 0.0440. The van der Waals surface area contributed by atoms with Gasteiger partial charge in [-0.2, -0.15) is 18.4 Å². The molecule has 2 atom stereocenters. The number of benzene rings is 2. The summed E-state index contributed by atoms with van der Waals surface area (Å²) in [5, 5.41) is 15.5. The number of rotatable bonds is 4. The van der Waals surface area contributed by atoms with E-state index in [-0.39, 0.29) is 45.7 Å². The van der Waals surface area contributed by atoms with Crippen molar-refractivity contribution >= 4 is 22.5 Å². The third kappa shape index (κ3) is 5.06. The van der Waals surface area contributed by atoms with Gasteiger partial charge in [0.1, 0.15) is 11.5 Å². The number of nitriles is 1. The van der Waals surface area contributed by atoms with Gasteiger partial charge in [-0.05, 0) is 62.1 Å². The SMILES string of the molecule is N#Cc1ccccc1C(=O)N[C@@H]1CCC[C@H](Nc2cc(C(F)(F)F)nc3ccc(F)cc23)C1. The highest BCUT2D eigenvalue weighted by Crippen LogP contribution is 2.34. The van der Waals surface area contributed by atoms with Crippen molar-refractivity contribution in [1.82, 2.24) is 10.3 Å². The van der Waals surface area contributed by atoms with Crippen molar-refractivity contribution in [2.24, 2.45) is 0 Å². The number of amides is 1. The highest BCUT2D eigenvalue weighted by Gasteiger charge is 2.34. The van der Waals surface area contributed by atoms with Crippen LogP contribution in [0.15, 0.2) is 48.5 Å². The number of carbonyl (C=O) groups is 1. The zero-order valence-corrected chi connectivity index (χ0v) is 17.4. The molecule has 3 aromatic rings. The number of hydrogen-bond donors (Lipinski definition) is 2. The zero-order chi connectivity index (χ0) is 23.6. The van der Waals surface area contributed by atoms with Crippen LogP contribution in [0.1, 0.15) is 47.3 Å². The second-order valence-electron chi connectivity index (χ2n) is 8.05. The number of anilines is 1. The quantitative estimate of drug-likeness (QED) is 0.514. The van der Waals surface area contributed by atoms with Crippen LogP contribution >= 0.6 is 0 Å². The van der Waals surface area contributed by atoms with Crippen LogP contribution in [0, 0.1) is 17.1 Å². The zero-order valence-electron chi connectivity index (χ0n) is 17.4. The molecule has 1 aliphatic rings. The summed E-state index contributed by atoms with van der Waals surface area (Å²) in [4.78, 5) is 16.3. The van der Waals surface area contributed by atoms with E-state index in [0.717, 1.165) is 24.6 Å². The fourth-order valence-corrected chi connectivity index (χ4v) is 4.18. The molecule has 1 aliphatic carbocycles. The second kappa shape index (κ2) is 9.06. The van der Waals surface area contributed by atoms with E-state index in [1.807, 2.05) is 6.07 Å². The van der Waals surface area contributed by atoms with E-state index in [1.165, 1.54) is 6.07 Å². The first kappa shape index (κ1) is 22.5. The maximum Gasteiger partial charge on any atom is 0.433 e. The number of fused-ring (bicyclic) bond motifs is 1. The molecule has 9 heteroatoms. The normalized spacial score (nSPS) is 18.5. The van der Waals surface area contributed by atoms with Gasteiger partial charge < -0.3 is 10.6 Å². The van der Waals surface area contributed by atoms with E-state index >= 15 is 0 Å². The van der Waals surface area contributed by atoms with Gasteiger partial charge in [0, 0.05) is 23.2 Å². The highest BCUT2D eigenvalue weighted by atomic mass is 19.4. The molecule has 4 rings (SSSR count). The van der Waals surface area contributed by atoms with Crippen molar-refractivity contribution in [3.63, 3.8) is 0 Å². The first-order valence-electron chi connectivity index (χ1n) is 10.5. The lowest BCUT2D eigenvalue weighted by molar-refractivity contribution is -0.140. The van der Waals surface area contributed by atoms with Crippen molar-refractivity contribution in [2.45, 2.75) is 43.9 Å². The van der Waals surface area contributed by atoms with E-state index in [4.69, 9.17) is 0 Å². The molecule has 1 aromatic heterocycles. The molecule has 33 heavy (non-hydrogen) atoms. The van der Waals surface area contributed by atoms with Gasteiger partial charge in [0.05, 0.1) is 22.7 Å². The molecule has 0 unspecified atom stereocenters. The van der Waals surface area contributed by atoms with Gasteiger partial charge in [0.2, 0.25) is 0 Å². The molecule has 1 saturated carbocycles. The topological polar surface area (TPSA) is 77.8 Å². The third-order valence-electron chi connectivity index (χ3n) is 5.72. The van der Waals surface area contributed by atoms with E-state index in [0.29, 0.717) is 19.3 Å². The minimum Gasteiger partial charge on any atom is -0.382 e. The Morgan fingerprint density at radius 3 is 2.61 bits per heavy atom. The molecule has 2 aromatic carbocycles. The molecule has 0 saturated heterocycles. The number of nitrogens with zero attached hydrogens (tertiary/aromatic N) is 2. The average Bonchev–Trinajstić information content (AvgIpc) is 2.78. The summed E-state index contributed by atoms with van der Waals surface area (Å²) < 4.78 is 53.9. The van der Waals surface area contributed by atoms with Gasteiger partial charge in [-0.1, -0.05) is 12.1 Å². The maximum absolute atomic E-state index is 13.8. The summed E-state index contributed by atoms with van der Waals surface area (Å²) in [6.45, 7) is 0. The van der Waals surface area contributed by atoms with E-state index < -0.39 is 17.7 Å². The van der Waals surface area contributed by atoms with E-state index in [1.54, 1.807) is 24.3 Å². The number of halogens is 4. The van der Waals surface area contributed by atoms with E-state index in [9.17, 15) is 27.6 Å². The third-order valence-corrected chi connectivity index (χ3v) is 5.72. The summed E-state index contributed by atoms with van der Waals surface area (Å²) >= 11 is 0. The van der Waals surface area contributed by atoms with Crippen molar-refractivity contribution in [2.75, 3.05) is 5.32 Å².